The van der Waals surface area contributed by atoms with Crippen LogP contribution in [0.15, 0.2) is 5.10 Å². The summed E-state index contributed by atoms with van der Waals surface area (Å²) in [5.41, 5.74) is 0.118. The minimum Gasteiger partial charge on any atom is -0.335 e. The predicted molar refractivity (Wildman–Crippen MR) is 75.7 cm³/mol. The van der Waals surface area contributed by atoms with Gasteiger partial charge in [-0.05, 0) is 19.3 Å². The van der Waals surface area contributed by atoms with E-state index in [9.17, 15) is 0 Å². The first kappa shape index (κ1) is 15.2. The van der Waals surface area contributed by atoms with E-state index >= 15 is 0 Å². The molecule has 0 N–H and O–H groups in total. The van der Waals surface area contributed by atoms with Crippen molar-refractivity contribution in [2.45, 2.75) is 50.6 Å². The van der Waals surface area contributed by atoms with Crippen molar-refractivity contribution in [3.63, 3.8) is 0 Å². The average Bonchev–Trinajstić information content (AvgIpc) is 2.43. The number of halogens is 3. The number of alkyl halides is 3. The molecular weight excluding hydrogens is 281 g/mol. The van der Waals surface area contributed by atoms with Crippen LogP contribution < -0.4 is 0 Å². The smallest absolute Gasteiger partial charge is 0.230 e. The number of hydrogen-bond donors (Lipinski definition) is 0. The molecule has 0 aromatic heterocycles. The molecule has 0 aromatic rings. The molecule has 1 aliphatic rings. The monoisotopic (exact) mass is 299 g/mol. The van der Waals surface area contributed by atoms with Gasteiger partial charge in [0.05, 0.1) is 0 Å². The molecule has 0 spiro atoms. The highest BCUT2D eigenvalue weighted by molar-refractivity contribution is 6.68. The normalized spacial score (nSPS) is 21.8. The highest BCUT2D eigenvalue weighted by atomic mass is 35.6. The maximum absolute atomic E-state index is 6.07. The fourth-order valence-corrected chi connectivity index (χ4v) is 2.51. The molecule has 0 bridgehead atoms. The van der Waals surface area contributed by atoms with Gasteiger partial charge in [-0.2, -0.15) is 5.10 Å². The summed E-state index contributed by atoms with van der Waals surface area (Å²) in [5, 5.41) is 6.16. The van der Waals surface area contributed by atoms with Gasteiger partial charge in [-0.1, -0.05) is 55.6 Å². The van der Waals surface area contributed by atoms with Crippen LogP contribution in [0.3, 0.4) is 0 Å². The molecule has 1 atom stereocenters. The average molecular weight is 301 g/mol. The van der Waals surface area contributed by atoms with Crippen LogP contribution in [0.4, 0.5) is 0 Å². The van der Waals surface area contributed by atoms with Crippen LogP contribution in [0.2, 0.25) is 0 Å². The van der Waals surface area contributed by atoms with Gasteiger partial charge >= 0.3 is 0 Å². The molecule has 100 valence electrons. The summed E-state index contributed by atoms with van der Waals surface area (Å²) >= 11 is 18.2. The quantitative estimate of drug-likeness (QED) is 0.724. The molecule has 0 fully saturated rings. The second-order valence-electron chi connectivity index (χ2n) is 5.85. The van der Waals surface area contributed by atoms with Crippen molar-refractivity contribution < 1.29 is 0 Å². The Labute approximate surface area is 119 Å². The summed E-state index contributed by atoms with van der Waals surface area (Å²) in [6, 6.07) is 0.192. The van der Waals surface area contributed by atoms with Crippen LogP contribution in [0.5, 0.6) is 0 Å². The Balaban J connectivity index is 2.89. The molecule has 0 aliphatic carbocycles. The maximum Gasteiger partial charge on any atom is 0.230 e. The van der Waals surface area contributed by atoms with Gasteiger partial charge in [0, 0.05) is 12.6 Å². The van der Waals surface area contributed by atoms with E-state index in [0.29, 0.717) is 0 Å². The molecule has 0 saturated heterocycles. The van der Waals surface area contributed by atoms with Gasteiger partial charge < -0.3 is 4.90 Å². The van der Waals surface area contributed by atoms with E-state index < -0.39 is 3.79 Å². The standard InChI is InChI=1S/C11H20Cl3N3/c1-8(2)17-9(11(12,13)14)16(7-15-17)6-10(3,4)5/h7-9H,6H2,1-5H3. The van der Waals surface area contributed by atoms with Crippen molar-refractivity contribution in [1.29, 1.82) is 0 Å². The number of rotatable bonds is 2. The largest absolute Gasteiger partial charge is 0.335 e. The Morgan fingerprint density at radius 1 is 1.24 bits per heavy atom. The van der Waals surface area contributed by atoms with Crippen LogP contribution in [0.1, 0.15) is 34.6 Å². The second-order valence-corrected chi connectivity index (χ2v) is 8.22. The van der Waals surface area contributed by atoms with Crippen LogP contribution in [-0.2, 0) is 0 Å². The Morgan fingerprint density at radius 3 is 2.12 bits per heavy atom. The molecule has 0 radical (unpaired) electrons. The van der Waals surface area contributed by atoms with Gasteiger partial charge in [-0.3, -0.25) is 5.01 Å². The third-order valence-corrected chi connectivity index (χ3v) is 2.96. The summed E-state index contributed by atoms with van der Waals surface area (Å²) in [7, 11) is 0. The molecule has 1 rings (SSSR count). The zero-order valence-electron chi connectivity index (χ0n) is 10.9. The minimum absolute atomic E-state index is 0.118. The second kappa shape index (κ2) is 5.02. The first-order valence-corrected chi connectivity index (χ1v) is 6.80. The van der Waals surface area contributed by atoms with Crippen LogP contribution in [0.25, 0.3) is 0 Å². The summed E-state index contributed by atoms with van der Waals surface area (Å²) in [6.45, 7) is 11.3. The van der Waals surface area contributed by atoms with Crippen LogP contribution in [0, 0.1) is 5.41 Å². The van der Waals surface area contributed by atoms with Crippen molar-refractivity contribution in [2.75, 3.05) is 6.54 Å². The Hall–Kier alpha value is 0.140. The summed E-state index contributed by atoms with van der Waals surface area (Å²) < 4.78 is -1.38. The van der Waals surface area contributed by atoms with E-state index in [2.05, 4.69) is 25.9 Å². The Kier molecular flexibility index (Phi) is 4.49. The number of hydrogen-bond acceptors (Lipinski definition) is 3. The molecule has 1 aliphatic heterocycles. The highest BCUT2D eigenvalue weighted by Gasteiger charge is 2.45. The first-order chi connectivity index (χ1) is 7.52. The van der Waals surface area contributed by atoms with E-state index in [0.717, 1.165) is 6.54 Å². The fourth-order valence-electron chi connectivity index (χ4n) is 1.83. The van der Waals surface area contributed by atoms with Crippen molar-refractivity contribution in [2.24, 2.45) is 10.5 Å². The van der Waals surface area contributed by atoms with Gasteiger partial charge in [0.25, 0.3) is 0 Å². The van der Waals surface area contributed by atoms with Gasteiger partial charge in [-0.25, -0.2) is 0 Å². The van der Waals surface area contributed by atoms with Gasteiger partial charge in [0.2, 0.25) is 3.79 Å². The third-order valence-electron chi connectivity index (χ3n) is 2.38. The lowest BCUT2D eigenvalue weighted by Gasteiger charge is -2.39. The predicted octanol–water partition coefficient (Wildman–Crippen LogP) is 3.70. The number of nitrogens with zero attached hydrogens (tertiary/aromatic N) is 3. The molecule has 17 heavy (non-hydrogen) atoms. The first-order valence-electron chi connectivity index (χ1n) is 5.67. The lowest BCUT2D eigenvalue weighted by molar-refractivity contribution is 0.0847. The maximum atomic E-state index is 6.07. The van der Waals surface area contributed by atoms with Crippen molar-refractivity contribution in [3.8, 4) is 0 Å². The van der Waals surface area contributed by atoms with Crippen LogP contribution in [-0.4, -0.2) is 38.8 Å². The molecule has 0 saturated carbocycles. The molecule has 0 amide bonds. The summed E-state index contributed by atoms with van der Waals surface area (Å²) in [5.74, 6) is 0. The van der Waals surface area contributed by atoms with Crippen LogP contribution >= 0.6 is 34.8 Å². The molecule has 3 nitrogen and oxygen atoms in total. The lowest BCUT2D eigenvalue weighted by Crippen LogP contribution is -2.52. The molecular formula is C11H20Cl3N3. The van der Waals surface area contributed by atoms with Gasteiger partial charge in [0.15, 0.2) is 6.17 Å². The van der Waals surface area contributed by atoms with Crippen molar-refractivity contribution >= 4 is 41.1 Å². The van der Waals surface area contributed by atoms with Gasteiger partial charge in [-0.15, -0.1) is 0 Å². The number of hydrazone groups is 1. The SMILES string of the molecule is CC(C)N1N=CN(CC(C)(C)C)C1C(Cl)(Cl)Cl. The topological polar surface area (TPSA) is 18.8 Å². The Morgan fingerprint density at radius 2 is 1.76 bits per heavy atom. The molecule has 1 unspecified atom stereocenters. The van der Waals surface area contributed by atoms with Gasteiger partial charge in [0.1, 0.15) is 6.34 Å². The van der Waals surface area contributed by atoms with E-state index in [1.54, 1.807) is 6.34 Å². The summed E-state index contributed by atoms with van der Waals surface area (Å²) in [4.78, 5) is 1.99. The van der Waals surface area contributed by atoms with E-state index in [1.807, 2.05) is 23.8 Å². The van der Waals surface area contributed by atoms with E-state index in [1.165, 1.54) is 0 Å². The molecule has 6 heteroatoms. The fraction of sp³-hybridized carbons (Fsp3) is 0.909. The molecule has 1 heterocycles. The van der Waals surface area contributed by atoms with Crippen molar-refractivity contribution in [3.05, 3.63) is 0 Å². The zero-order valence-corrected chi connectivity index (χ0v) is 13.2. The Bertz CT molecular complexity index is 291. The third kappa shape index (κ3) is 4.08. The van der Waals surface area contributed by atoms with E-state index in [-0.39, 0.29) is 17.6 Å². The van der Waals surface area contributed by atoms with E-state index in [4.69, 9.17) is 34.8 Å². The van der Waals surface area contributed by atoms with Crippen molar-refractivity contribution in [1.82, 2.24) is 9.91 Å². The lowest BCUT2D eigenvalue weighted by atomic mass is 9.96. The minimum atomic E-state index is -1.38. The summed E-state index contributed by atoms with van der Waals surface area (Å²) in [6.07, 6.45) is 1.42. The molecule has 0 aromatic carbocycles. The highest BCUT2D eigenvalue weighted by Crippen LogP contribution is 2.39. The zero-order chi connectivity index (χ0) is 13.4.